The molecule has 0 aromatic rings. The van der Waals surface area contributed by atoms with E-state index in [1.165, 1.54) is 0 Å². The van der Waals surface area contributed by atoms with Gasteiger partial charge in [-0.3, -0.25) is 0 Å². The van der Waals surface area contributed by atoms with Crippen LogP contribution in [-0.2, 0) is 0 Å². The van der Waals surface area contributed by atoms with E-state index in [0.29, 0.717) is 0 Å². The second-order valence-corrected chi connectivity index (χ2v) is 1.73. The Morgan fingerprint density at radius 2 is 1.25 bits per heavy atom. The number of hydrogen-bond donors (Lipinski definition) is 0. The summed E-state index contributed by atoms with van der Waals surface area (Å²) in [5, 5.41) is 0. The van der Waals surface area contributed by atoms with Crippen LogP contribution in [0.15, 0.2) is 0 Å². The first kappa shape index (κ1) is 4.83. The third kappa shape index (κ3) is 2.83. The second kappa shape index (κ2) is 3.83. The van der Waals surface area contributed by atoms with Crippen LogP contribution in [0.4, 0.5) is 0 Å². The van der Waals surface area contributed by atoms with E-state index in [-0.39, 0.29) is 0 Å². The molecule has 4 radical (unpaired) electrons. The summed E-state index contributed by atoms with van der Waals surface area (Å²) in [4.78, 5) is 0. The van der Waals surface area contributed by atoms with Gasteiger partial charge in [-0.25, -0.2) is 0 Å². The molecule has 0 amide bonds. The largest absolute Gasteiger partial charge is 0.176 e. The van der Waals surface area contributed by atoms with Gasteiger partial charge in [0.2, 0.25) is 0 Å². The predicted molar refractivity (Wildman–Crippen MR) is 26.7 cm³/mol. The molecule has 0 atom stereocenters. The summed E-state index contributed by atoms with van der Waals surface area (Å²) in [5.41, 5.74) is 0. The van der Waals surface area contributed by atoms with E-state index in [4.69, 9.17) is 14.2 Å². The van der Waals surface area contributed by atoms with Crippen molar-refractivity contribution in [3.8, 4) is 0 Å². The smallest absolute Gasteiger partial charge is 0.176 e. The fraction of sp³-hybridized carbons (Fsp3) is 0. The maximum atomic E-state index is 4.78. The summed E-state index contributed by atoms with van der Waals surface area (Å²) >= 11 is 0. The Morgan fingerprint density at radius 1 is 1.00 bits per heavy atom. The van der Waals surface area contributed by atoms with Gasteiger partial charge in [-0.05, 0) is 0 Å². The molecule has 18 valence electrons. The van der Waals surface area contributed by atoms with Crippen molar-refractivity contribution >= 4 is 35.5 Å². The van der Waals surface area contributed by atoms with E-state index in [0.717, 1.165) is 21.3 Å². The first-order valence-electron chi connectivity index (χ1n) is 0.638. The summed E-state index contributed by atoms with van der Waals surface area (Å²) in [7, 11) is 11.7. The highest BCUT2D eigenvalue weighted by atomic mass is 33.1. The Kier molecular flexibility index (Phi) is 4.62. The lowest BCUT2D eigenvalue weighted by Crippen LogP contribution is -1.37. The monoisotopic (exact) mass is 86.0 g/mol. The average molecular weight is 85.8 g/mol. The zero-order chi connectivity index (χ0) is 3.41. The summed E-state index contributed by atoms with van der Waals surface area (Å²) in [6.45, 7) is 0. The van der Waals surface area contributed by atoms with E-state index < -0.39 is 0 Å². The molecule has 0 aliphatic rings. The van der Waals surface area contributed by atoms with Gasteiger partial charge >= 0.3 is 0 Å². The molecular weight excluding hydrogens is 85.8 g/mol. The molecule has 0 heterocycles. The van der Waals surface area contributed by atoms with Crippen molar-refractivity contribution < 1.29 is 0 Å². The van der Waals surface area contributed by atoms with E-state index in [1.807, 2.05) is 0 Å². The van der Waals surface area contributed by atoms with Crippen molar-refractivity contribution in [1.82, 2.24) is 0 Å². The van der Waals surface area contributed by atoms with Crippen molar-refractivity contribution in [2.75, 3.05) is 0 Å². The molecule has 0 nitrogen and oxygen atoms in total. The first-order chi connectivity index (χ1) is 1.91. The molecule has 0 saturated heterocycles. The van der Waals surface area contributed by atoms with Gasteiger partial charge in [0.1, 0.15) is 0 Å². The standard InChI is InChI=1S/B2S2/c1-3-4-2. The molecular formula is B2S2. The molecule has 0 aromatic heterocycles. The number of hydrogen-bond acceptors (Lipinski definition) is 2. The molecule has 0 aromatic carbocycles. The van der Waals surface area contributed by atoms with Crippen LogP contribution < -0.4 is 0 Å². The molecule has 0 aliphatic heterocycles. The quantitative estimate of drug-likeness (QED) is 0.337. The van der Waals surface area contributed by atoms with E-state index >= 15 is 0 Å². The fourth-order valence-electron chi connectivity index (χ4n) is 0. The Labute approximate surface area is 36.1 Å². The van der Waals surface area contributed by atoms with Gasteiger partial charge < -0.3 is 0 Å². The maximum Gasteiger partial charge on any atom is 0.176 e. The molecule has 0 saturated carbocycles. The molecule has 0 rings (SSSR count). The van der Waals surface area contributed by atoms with Crippen LogP contribution in [0.2, 0.25) is 0 Å². The predicted octanol–water partition coefficient (Wildman–Crippen LogP) is 0.535. The van der Waals surface area contributed by atoms with Crippen molar-refractivity contribution in [2.45, 2.75) is 0 Å². The topological polar surface area (TPSA) is 0 Å². The Bertz CT molecular complexity index is 6.00. The minimum absolute atomic E-state index is 1.05. The van der Waals surface area contributed by atoms with Crippen molar-refractivity contribution in [3.63, 3.8) is 0 Å². The number of rotatable bonds is 1. The summed E-state index contributed by atoms with van der Waals surface area (Å²) < 4.78 is 0. The van der Waals surface area contributed by atoms with Crippen LogP contribution >= 0.6 is 21.3 Å². The van der Waals surface area contributed by atoms with Gasteiger partial charge in [0, 0.05) is 0 Å². The Morgan fingerprint density at radius 3 is 1.25 bits per heavy atom. The SMILES string of the molecule is [B]SS[B]. The highest BCUT2D eigenvalue weighted by Gasteiger charge is 1.55. The van der Waals surface area contributed by atoms with Crippen LogP contribution in [0.3, 0.4) is 0 Å². The zero-order valence-electron chi connectivity index (χ0n) is 1.97. The van der Waals surface area contributed by atoms with E-state index in [9.17, 15) is 0 Å². The van der Waals surface area contributed by atoms with Crippen molar-refractivity contribution in [3.05, 3.63) is 0 Å². The maximum absolute atomic E-state index is 4.78. The van der Waals surface area contributed by atoms with Gasteiger partial charge in [-0.1, -0.05) is 0 Å². The van der Waals surface area contributed by atoms with Gasteiger partial charge in [-0.15, -0.1) is 0 Å². The lowest BCUT2D eigenvalue weighted by atomic mass is 10.8. The molecule has 0 spiro atoms. The summed E-state index contributed by atoms with van der Waals surface area (Å²) in [5.74, 6) is 0. The molecule has 0 aliphatic carbocycles. The molecule has 4 heteroatoms. The van der Waals surface area contributed by atoms with Gasteiger partial charge in [0.25, 0.3) is 0 Å². The molecule has 0 unspecified atom stereocenters. The van der Waals surface area contributed by atoms with Gasteiger partial charge in [0.15, 0.2) is 14.2 Å². The average Bonchev–Trinajstić information content (AvgIpc) is 1.37. The van der Waals surface area contributed by atoms with Gasteiger partial charge in [0.05, 0.1) is 0 Å². The van der Waals surface area contributed by atoms with Crippen molar-refractivity contribution in [1.29, 1.82) is 0 Å². The molecule has 0 bridgehead atoms. The summed E-state index contributed by atoms with van der Waals surface area (Å²) in [6.07, 6.45) is 0. The Balaban J connectivity index is 1.97. The van der Waals surface area contributed by atoms with Crippen LogP contribution in [0.25, 0.3) is 0 Å². The van der Waals surface area contributed by atoms with Crippen LogP contribution in [-0.4, -0.2) is 14.2 Å². The third-order valence-corrected chi connectivity index (χ3v) is 0.500. The third-order valence-electron chi connectivity index (χ3n) is 0.0556. The van der Waals surface area contributed by atoms with Crippen LogP contribution in [0.5, 0.6) is 0 Å². The normalized spacial score (nSPS) is 7.00. The summed E-state index contributed by atoms with van der Waals surface area (Å²) in [6, 6.07) is 0. The minimum atomic E-state index is 1.05. The zero-order valence-corrected chi connectivity index (χ0v) is 3.60. The lowest BCUT2D eigenvalue weighted by Gasteiger charge is -1.71. The fourth-order valence-corrected chi connectivity index (χ4v) is 0. The van der Waals surface area contributed by atoms with Crippen LogP contribution in [0.1, 0.15) is 0 Å². The minimum Gasteiger partial charge on any atom is -0.176 e. The lowest BCUT2D eigenvalue weighted by molar-refractivity contribution is 5.09. The van der Waals surface area contributed by atoms with E-state index in [2.05, 4.69) is 0 Å². The molecule has 0 N–H and O–H groups in total. The second-order valence-electron chi connectivity index (χ2n) is 0.192. The Hall–Kier alpha value is 0.830. The van der Waals surface area contributed by atoms with E-state index in [1.54, 1.807) is 0 Å². The van der Waals surface area contributed by atoms with Crippen molar-refractivity contribution in [2.24, 2.45) is 0 Å². The highest BCUT2D eigenvalue weighted by molar-refractivity contribution is 8.91. The first-order valence-corrected chi connectivity index (χ1v) is 2.91. The van der Waals surface area contributed by atoms with Gasteiger partial charge in [-0.2, -0.15) is 21.3 Å². The molecule has 4 heavy (non-hydrogen) atoms. The molecule has 0 fully saturated rings. The van der Waals surface area contributed by atoms with Crippen LogP contribution in [0, 0.1) is 0 Å². The highest BCUT2D eigenvalue weighted by Crippen LogP contribution is 2.06.